The molecule has 19 heavy (non-hydrogen) atoms. The molecule has 0 aliphatic heterocycles. The Morgan fingerprint density at radius 3 is 2.63 bits per heavy atom. The van der Waals surface area contributed by atoms with Crippen LogP contribution in [0.25, 0.3) is 0 Å². The van der Waals surface area contributed by atoms with Gasteiger partial charge >= 0.3 is 0 Å². The van der Waals surface area contributed by atoms with Crippen molar-refractivity contribution in [3.05, 3.63) is 35.4 Å². The van der Waals surface area contributed by atoms with E-state index >= 15 is 0 Å². The van der Waals surface area contributed by atoms with Crippen molar-refractivity contribution >= 4 is 5.91 Å². The van der Waals surface area contributed by atoms with E-state index in [4.69, 9.17) is 12.2 Å². The number of terminal acetylenes is 1. The number of nitrogens with zero attached hydrogens (tertiary/aromatic N) is 1. The van der Waals surface area contributed by atoms with Gasteiger partial charge in [-0.2, -0.15) is 0 Å². The lowest BCUT2D eigenvalue weighted by Gasteiger charge is -2.25. The molecule has 1 aliphatic carbocycles. The zero-order valence-electron chi connectivity index (χ0n) is 11.3. The molecule has 2 N–H and O–H groups in total. The number of benzene rings is 1. The van der Waals surface area contributed by atoms with Crippen LogP contribution in [0, 0.1) is 19.3 Å². The summed E-state index contributed by atoms with van der Waals surface area (Å²) in [7, 11) is 0. The van der Waals surface area contributed by atoms with Crippen LogP contribution >= 0.6 is 0 Å². The molecule has 1 aromatic rings. The summed E-state index contributed by atoms with van der Waals surface area (Å²) >= 11 is 0. The first kappa shape index (κ1) is 13.6. The summed E-state index contributed by atoms with van der Waals surface area (Å²) in [6, 6.07) is 8.02. The molecular formula is C16H20N2O. The van der Waals surface area contributed by atoms with Crippen molar-refractivity contribution in [1.29, 1.82) is 0 Å². The van der Waals surface area contributed by atoms with Crippen LogP contribution in [-0.2, 0) is 11.3 Å². The largest absolute Gasteiger partial charge is 0.334 e. The van der Waals surface area contributed by atoms with Crippen LogP contribution in [0.2, 0.25) is 0 Å². The molecule has 1 aromatic carbocycles. The lowest BCUT2D eigenvalue weighted by molar-refractivity contribution is -0.133. The fourth-order valence-corrected chi connectivity index (χ4v) is 2.09. The number of hydrogen-bond donors (Lipinski definition) is 1. The van der Waals surface area contributed by atoms with E-state index in [2.05, 4.69) is 37.1 Å². The van der Waals surface area contributed by atoms with Crippen molar-refractivity contribution < 1.29 is 4.79 Å². The normalized spacial score (nSPS) is 15.6. The van der Waals surface area contributed by atoms with E-state index in [1.165, 1.54) is 5.56 Å². The molecule has 0 heterocycles. The topological polar surface area (TPSA) is 46.3 Å². The number of nitrogens with two attached hydrogens (primary N) is 1. The molecule has 0 radical (unpaired) electrons. The maximum Gasteiger partial charge on any atom is 0.241 e. The minimum atomic E-state index is -0.573. The van der Waals surface area contributed by atoms with Crippen molar-refractivity contribution in [2.45, 2.75) is 44.8 Å². The fourth-order valence-electron chi connectivity index (χ4n) is 2.09. The molecule has 100 valence electrons. The minimum absolute atomic E-state index is 0.0268. The first-order chi connectivity index (χ1) is 9.11. The molecule has 1 amide bonds. The predicted molar refractivity (Wildman–Crippen MR) is 76.2 cm³/mol. The quantitative estimate of drug-likeness (QED) is 0.817. The zero-order chi connectivity index (χ0) is 13.8. The van der Waals surface area contributed by atoms with Gasteiger partial charge in [0.15, 0.2) is 0 Å². The van der Waals surface area contributed by atoms with Gasteiger partial charge in [-0.3, -0.25) is 4.79 Å². The summed E-state index contributed by atoms with van der Waals surface area (Å²) < 4.78 is 0. The molecule has 3 heteroatoms. The molecular weight excluding hydrogens is 236 g/mol. The molecule has 0 bridgehead atoms. The van der Waals surface area contributed by atoms with Gasteiger partial charge in [0.05, 0.1) is 6.04 Å². The second-order valence-corrected chi connectivity index (χ2v) is 5.20. The molecule has 0 aromatic heterocycles. The van der Waals surface area contributed by atoms with E-state index < -0.39 is 6.04 Å². The number of rotatable bonds is 5. The lowest BCUT2D eigenvalue weighted by Crippen LogP contribution is -2.44. The highest BCUT2D eigenvalue weighted by Gasteiger charge is 2.34. The Morgan fingerprint density at radius 2 is 2.11 bits per heavy atom. The number of carbonyl (C=O) groups is 1. The van der Waals surface area contributed by atoms with Gasteiger partial charge < -0.3 is 10.6 Å². The van der Waals surface area contributed by atoms with Crippen LogP contribution in [-0.4, -0.2) is 22.9 Å². The zero-order valence-corrected chi connectivity index (χ0v) is 11.3. The van der Waals surface area contributed by atoms with Gasteiger partial charge in [0.25, 0.3) is 0 Å². The maximum absolute atomic E-state index is 12.3. The average Bonchev–Trinajstić information content (AvgIpc) is 3.22. The molecule has 0 spiro atoms. The van der Waals surface area contributed by atoms with Crippen molar-refractivity contribution in [2.75, 3.05) is 0 Å². The lowest BCUT2D eigenvalue weighted by atomic mass is 10.1. The van der Waals surface area contributed by atoms with Gasteiger partial charge in [0.1, 0.15) is 0 Å². The second kappa shape index (κ2) is 5.90. The summed E-state index contributed by atoms with van der Waals surface area (Å²) in [5.74, 6) is 2.43. The monoisotopic (exact) mass is 256 g/mol. The van der Waals surface area contributed by atoms with Crippen LogP contribution in [0.4, 0.5) is 0 Å². The van der Waals surface area contributed by atoms with Crippen molar-refractivity contribution in [1.82, 2.24) is 4.90 Å². The van der Waals surface area contributed by atoms with E-state index in [1.54, 1.807) is 0 Å². The molecule has 2 rings (SSSR count). The first-order valence-corrected chi connectivity index (χ1v) is 6.67. The fraction of sp³-hybridized carbons (Fsp3) is 0.438. The van der Waals surface area contributed by atoms with Crippen LogP contribution in [0.3, 0.4) is 0 Å². The molecule has 1 aliphatic rings. The summed E-state index contributed by atoms with van der Waals surface area (Å²) in [4.78, 5) is 14.2. The van der Waals surface area contributed by atoms with Crippen LogP contribution in [0.1, 0.15) is 30.4 Å². The third-order valence-corrected chi connectivity index (χ3v) is 3.40. The van der Waals surface area contributed by atoms with E-state index in [1.807, 2.05) is 4.90 Å². The van der Waals surface area contributed by atoms with E-state index in [0.29, 0.717) is 19.0 Å². The number of carbonyl (C=O) groups excluding carboxylic acids is 1. The number of hydrogen-bond acceptors (Lipinski definition) is 2. The number of amides is 1. The summed E-state index contributed by atoms with van der Waals surface area (Å²) in [5.41, 5.74) is 8.20. The minimum Gasteiger partial charge on any atom is -0.334 e. The Kier molecular flexibility index (Phi) is 4.24. The first-order valence-electron chi connectivity index (χ1n) is 6.67. The summed E-state index contributed by atoms with van der Waals surface area (Å²) in [5, 5.41) is 0. The Balaban J connectivity index is 2.06. The van der Waals surface area contributed by atoms with Crippen LogP contribution in [0.15, 0.2) is 24.3 Å². The molecule has 1 saturated carbocycles. The van der Waals surface area contributed by atoms with E-state index in [0.717, 1.165) is 18.4 Å². The molecule has 3 nitrogen and oxygen atoms in total. The van der Waals surface area contributed by atoms with Crippen molar-refractivity contribution in [2.24, 2.45) is 5.73 Å². The third-order valence-electron chi connectivity index (χ3n) is 3.40. The van der Waals surface area contributed by atoms with Gasteiger partial charge in [-0.15, -0.1) is 12.3 Å². The van der Waals surface area contributed by atoms with Crippen LogP contribution in [0.5, 0.6) is 0 Å². The SMILES string of the molecule is C#CCC(N)C(=O)N(Cc1ccc(C)cc1)C1CC1. The Hall–Kier alpha value is -1.79. The Morgan fingerprint density at radius 1 is 1.47 bits per heavy atom. The van der Waals surface area contributed by atoms with Gasteiger partial charge in [-0.25, -0.2) is 0 Å². The van der Waals surface area contributed by atoms with E-state index in [-0.39, 0.29) is 5.91 Å². The average molecular weight is 256 g/mol. The van der Waals surface area contributed by atoms with Gasteiger partial charge in [0, 0.05) is 19.0 Å². The standard InChI is InChI=1S/C16H20N2O/c1-3-4-15(17)16(19)18(14-9-10-14)11-13-7-5-12(2)6-8-13/h1,5-8,14-15H,4,9-11,17H2,2H3. The summed E-state index contributed by atoms with van der Waals surface area (Å²) in [6.45, 7) is 2.68. The highest BCUT2D eigenvalue weighted by Crippen LogP contribution is 2.29. The van der Waals surface area contributed by atoms with Gasteiger partial charge in [0.2, 0.25) is 5.91 Å². The molecule has 1 atom stereocenters. The van der Waals surface area contributed by atoms with Crippen molar-refractivity contribution in [3.63, 3.8) is 0 Å². The molecule has 0 saturated heterocycles. The maximum atomic E-state index is 12.3. The highest BCUT2D eigenvalue weighted by molar-refractivity contribution is 5.82. The van der Waals surface area contributed by atoms with Crippen molar-refractivity contribution in [3.8, 4) is 12.3 Å². The highest BCUT2D eigenvalue weighted by atomic mass is 16.2. The van der Waals surface area contributed by atoms with Gasteiger partial charge in [-0.1, -0.05) is 29.8 Å². The molecule has 1 fully saturated rings. The second-order valence-electron chi connectivity index (χ2n) is 5.20. The Bertz CT molecular complexity index is 482. The smallest absolute Gasteiger partial charge is 0.241 e. The van der Waals surface area contributed by atoms with Gasteiger partial charge in [-0.05, 0) is 25.3 Å². The Labute approximate surface area is 114 Å². The third kappa shape index (κ3) is 3.59. The predicted octanol–water partition coefficient (Wildman–Crippen LogP) is 1.84. The van der Waals surface area contributed by atoms with E-state index in [9.17, 15) is 4.79 Å². The molecule has 1 unspecified atom stereocenters. The summed E-state index contributed by atoms with van der Waals surface area (Å²) in [6.07, 6.45) is 7.67. The van der Waals surface area contributed by atoms with Crippen LogP contribution < -0.4 is 5.73 Å². The number of aryl methyl sites for hydroxylation is 1.